The van der Waals surface area contributed by atoms with E-state index in [-0.39, 0.29) is 5.54 Å². The van der Waals surface area contributed by atoms with Crippen LogP contribution < -0.4 is 0 Å². The summed E-state index contributed by atoms with van der Waals surface area (Å²) < 4.78 is 26.9. The van der Waals surface area contributed by atoms with Crippen molar-refractivity contribution in [2.24, 2.45) is 0 Å². The SMILES string of the molecule is C=C[Si]1(C)O[Si](C)(C=C)O[Si](C)(C(CC)Cc2ccc(CC)cc2)O[Si](C)(C=C)O1. The lowest BCUT2D eigenvalue weighted by Gasteiger charge is -2.50. The summed E-state index contributed by atoms with van der Waals surface area (Å²) in [5.41, 5.74) is 8.41. The molecule has 0 aliphatic carbocycles. The molecule has 1 aliphatic rings. The van der Waals surface area contributed by atoms with Crippen molar-refractivity contribution in [1.29, 1.82) is 0 Å². The third kappa shape index (κ3) is 5.89. The molecule has 2 rings (SSSR count). The van der Waals surface area contributed by atoms with Crippen LogP contribution in [0.2, 0.25) is 31.7 Å². The van der Waals surface area contributed by atoms with Crippen LogP contribution in [-0.2, 0) is 29.3 Å². The largest absolute Gasteiger partial charge is 0.412 e. The van der Waals surface area contributed by atoms with Crippen LogP contribution in [0, 0.1) is 0 Å². The molecule has 0 bridgehead atoms. The second kappa shape index (κ2) is 9.74. The first-order chi connectivity index (χ1) is 14.0. The Labute approximate surface area is 187 Å². The van der Waals surface area contributed by atoms with Gasteiger partial charge in [0.25, 0.3) is 0 Å². The monoisotopic (exact) mass is 478 g/mol. The van der Waals surface area contributed by atoms with Gasteiger partial charge in [-0.2, -0.15) is 0 Å². The van der Waals surface area contributed by atoms with Crippen LogP contribution in [0.3, 0.4) is 0 Å². The molecule has 1 aromatic carbocycles. The van der Waals surface area contributed by atoms with Crippen LogP contribution in [0.25, 0.3) is 0 Å². The van der Waals surface area contributed by atoms with Gasteiger partial charge in [0, 0.05) is 5.54 Å². The molecule has 1 fully saturated rings. The molecule has 0 saturated carbocycles. The van der Waals surface area contributed by atoms with E-state index in [0.29, 0.717) is 0 Å². The number of hydrogen-bond acceptors (Lipinski definition) is 4. The minimum Gasteiger partial charge on any atom is -0.412 e. The molecule has 1 heterocycles. The lowest BCUT2D eigenvalue weighted by Crippen LogP contribution is -2.67. The van der Waals surface area contributed by atoms with Gasteiger partial charge in [0.05, 0.1) is 0 Å². The summed E-state index contributed by atoms with van der Waals surface area (Å²) in [5.74, 6) is 0. The van der Waals surface area contributed by atoms with Crippen molar-refractivity contribution < 1.29 is 16.5 Å². The van der Waals surface area contributed by atoms with Gasteiger partial charge in [-0.25, -0.2) is 0 Å². The topological polar surface area (TPSA) is 36.9 Å². The van der Waals surface area contributed by atoms with Crippen molar-refractivity contribution in [3.05, 3.63) is 72.2 Å². The fraction of sp³-hybridized carbons (Fsp3) is 0.455. The maximum Gasteiger partial charge on any atom is 0.344 e. The van der Waals surface area contributed by atoms with E-state index in [1.807, 2.05) is 31.0 Å². The molecule has 1 aromatic rings. The van der Waals surface area contributed by atoms with Crippen LogP contribution in [0.5, 0.6) is 0 Å². The number of hydrogen-bond donors (Lipinski definition) is 0. The standard InChI is InChI=1S/C22H38O4Si4/c1-10-20-15-17-21(18-16-20)19-22(11-2)30(9)25-28(7,13-4)23-27(6,12-3)24-29(8,14-5)26-30/h12-18,22H,3-5,10-11,19H2,1-2,6-9H3. The highest BCUT2D eigenvalue weighted by Crippen LogP contribution is 2.40. The molecule has 0 aromatic heterocycles. The average Bonchev–Trinajstić information content (AvgIpc) is 2.71. The van der Waals surface area contributed by atoms with E-state index in [9.17, 15) is 0 Å². The first-order valence-corrected chi connectivity index (χ1v) is 20.3. The summed E-state index contributed by atoms with van der Waals surface area (Å²) in [6.07, 6.45) is 2.91. The molecule has 4 nitrogen and oxygen atoms in total. The summed E-state index contributed by atoms with van der Waals surface area (Å²) in [4.78, 5) is 0. The second-order valence-electron chi connectivity index (χ2n) is 8.56. The highest BCUT2D eigenvalue weighted by Gasteiger charge is 2.57. The molecule has 0 amide bonds. The average molecular weight is 479 g/mol. The summed E-state index contributed by atoms with van der Waals surface area (Å²) in [7, 11) is -10.8. The minimum absolute atomic E-state index is 0.255. The van der Waals surface area contributed by atoms with E-state index in [0.717, 1.165) is 19.3 Å². The van der Waals surface area contributed by atoms with Gasteiger partial charge in [-0.05, 0) is 50.2 Å². The van der Waals surface area contributed by atoms with Crippen molar-refractivity contribution >= 4 is 34.2 Å². The molecule has 0 N–H and O–H groups in total. The predicted octanol–water partition coefficient (Wildman–Crippen LogP) is 6.12. The number of rotatable bonds is 8. The molecule has 3 unspecified atom stereocenters. The van der Waals surface area contributed by atoms with Crippen molar-refractivity contribution in [2.45, 2.75) is 64.8 Å². The lowest BCUT2D eigenvalue weighted by molar-refractivity contribution is 0.234. The summed E-state index contributed by atoms with van der Waals surface area (Å²) in [6.45, 7) is 24.7. The van der Waals surface area contributed by atoms with Crippen molar-refractivity contribution in [3.8, 4) is 0 Å². The highest BCUT2D eigenvalue weighted by molar-refractivity contribution is 6.97. The first-order valence-electron chi connectivity index (χ1n) is 10.8. The molecular formula is C22H38O4Si4. The van der Waals surface area contributed by atoms with Gasteiger partial charge < -0.3 is 16.5 Å². The Morgan fingerprint density at radius 1 is 0.733 bits per heavy atom. The normalized spacial score (nSPS) is 35.7. The molecule has 1 saturated heterocycles. The van der Waals surface area contributed by atoms with Crippen molar-refractivity contribution in [3.63, 3.8) is 0 Å². The highest BCUT2D eigenvalue weighted by atomic mass is 28.5. The third-order valence-electron chi connectivity index (χ3n) is 5.88. The molecule has 0 spiro atoms. The predicted molar refractivity (Wildman–Crippen MR) is 135 cm³/mol. The molecule has 8 heteroatoms. The zero-order valence-electron chi connectivity index (χ0n) is 19.5. The van der Waals surface area contributed by atoms with Gasteiger partial charge in [0.1, 0.15) is 0 Å². The molecule has 3 atom stereocenters. The zero-order valence-corrected chi connectivity index (χ0v) is 23.5. The Morgan fingerprint density at radius 2 is 1.13 bits per heavy atom. The first kappa shape index (κ1) is 25.4. The van der Waals surface area contributed by atoms with Crippen molar-refractivity contribution in [1.82, 2.24) is 0 Å². The van der Waals surface area contributed by atoms with Gasteiger partial charge in [-0.15, -0.1) is 19.7 Å². The molecule has 30 heavy (non-hydrogen) atoms. The Bertz CT molecular complexity index is 743. The van der Waals surface area contributed by atoms with Gasteiger partial charge in [0.2, 0.25) is 0 Å². The van der Waals surface area contributed by atoms with Gasteiger partial charge >= 0.3 is 34.2 Å². The molecule has 1 aliphatic heterocycles. The maximum absolute atomic E-state index is 6.89. The Kier molecular flexibility index (Phi) is 8.25. The molecular weight excluding hydrogens is 441 g/mol. The summed E-state index contributed by atoms with van der Waals surface area (Å²) >= 11 is 0. The number of aryl methyl sites for hydroxylation is 1. The van der Waals surface area contributed by atoms with Gasteiger partial charge in [-0.1, -0.05) is 61.6 Å². The van der Waals surface area contributed by atoms with Crippen LogP contribution in [0.1, 0.15) is 31.4 Å². The van der Waals surface area contributed by atoms with Crippen molar-refractivity contribution in [2.75, 3.05) is 0 Å². The summed E-state index contributed by atoms with van der Waals surface area (Å²) in [5, 5.41) is 0. The quantitative estimate of drug-likeness (QED) is 0.422. The van der Waals surface area contributed by atoms with Crippen LogP contribution in [-0.4, -0.2) is 34.2 Å². The Morgan fingerprint density at radius 3 is 1.50 bits per heavy atom. The van der Waals surface area contributed by atoms with Gasteiger partial charge in [0.15, 0.2) is 0 Å². The van der Waals surface area contributed by atoms with E-state index in [4.69, 9.17) is 16.5 Å². The van der Waals surface area contributed by atoms with E-state index < -0.39 is 34.2 Å². The Balaban J connectivity index is 2.44. The fourth-order valence-electron chi connectivity index (χ4n) is 4.01. The summed E-state index contributed by atoms with van der Waals surface area (Å²) in [6, 6.07) is 8.88. The molecule has 166 valence electrons. The second-order valence-corrected chi connectivity index (χ2v) is 22.0. The van der Waals surface area contributed by atoms with Gasteiger partial charge in [-0.3, -0.25) is 0 Å². The lowest BCUT2D eigenvalue weighted by atomic mass is 10.1. The smallest absolute Gasteiger partial charge is 0.344 e. The van der Waals surface area contributed by atoms with Crippen LogP contribution in [0.4, 0.5) is 0 Å². The van der Waals surface area contributed by atoms with E-state index in [1.54, 1.807) is 5.70 Å². The van der Waals surface area contributed by atoms with E-state index >= 15 is 0 Å². The van der Waals surface area contributed by atoms with Crippen LogP contribution in [0.15, 0.2) is 61.1 Å². The van der Waals surface area contributed by atoms with E-state index in [2.05, 4.69) is 64.4 Å². The number of benzene rings is 1. The maximum atomic E-state index is 6.89. The molecule has 0 radical (unpaired) electrons. The minimum atomic E-state index is -2.72. The van der Waals surface area contributed by atoms with Crippen LogP contribution >= 0.6 is 0 Å². The Hall–Kier alpha value is -0.852. The third-order valence-corrected chi connectivity index (χ3v) is 23.2. The zero-order chi connectivity index (χ0) is 22.6. The van der Waals surface area contributed by atoms with E-state index in [1.165, 1.54) is 11.1 Å². The fourth-order valence-corrected chi connectivity index (χ4v) is 23.7.